The van der Waals surface area contributed by atoms with E-state index in [2.05, 4.69) is 4.99 Å². The van der Waals surface area contributed by atoms with E-state index in [0.29, 0.717) is 24.4 Å². The number of rotatable bonds is 8. The molecule has 0 bridgehead atoms. The van der Waals surface area contributed by atoms with Crippen molar-refractivity contribution in [3.05, 3.63) is 53.6 Å². The molecule has 0 radical (unpaired) electrons. The highest BCUT2D eigenvalue weighted by Gasteiger charge is 2.21. The Labute approximate surface area is 161 Å². The van der Waals surface area contributed by atoms with Crippen molar-refractivity contribution in [2.75, 3.05) is 20.2 Å². The summed E-state index contributed by atoms with van der Waals surface area (Å²) >= 11 is 0. The van der Waals surface area contributed by atoms with Gasteiger partial charge in [0.2, 0.25) is 10.0 Å². The van der Waals surface area contributed by atoms with Gasteiger partial charge in [-0.1, -0.05) is 32.0 Å². The smallest absolute Gasteiger partial charge is 0.243 e. The molecule has 2 aromatic carbocycles. The lowest BCUT2D eigenvalue weighted by atomic mass is 10.1. The SMILES string of the molecule is CCN(CC)S(=O)(=O)c1ccc([C@H](C)N=Cc2cccc(OC)c2O)cc1. The summed E-state index contributed by atoms with van der Waals surface area (Å²) in [4.78, 5) is 4.73. The Bertz CT molecular complexity index is 889. The van der Waals surface area contributed by atoms with Crippen molar-refractivity contribution in [3.63, 3.8) is 0 Å². The summed E-state index contributed by atoms with van der Waals surface area (Å²) < 4.78 is 31.6. The first-order valence-electron chi connectivity index (χ1n) is 8.84. The molecule has 0 amide bonds. The molecular weight excluding hydrogens is 364 g/mol. The van der Waals surface area contributed by atoms with Crippen LogP contribution in [-0.2, 0) is 10.0 Å². The summed E-state index contributed by atoms with van der Waals surface area (Å²) in [7, 11) is -1.97. The monoisotopic (exact) mass is 390 g/mol. The van der Waals surface area contributed by atoms with Crippen LogP contribution in [0.5, 0.6) is 11.5 Å². The zero-order valence-electron chi connectivity index (χ0n) is 16.1. The second-order valence-corrected chi connectivity index (χ2v) is 7.95. The fourth-order valence-corrected chi connectivity index (χ4v) is 4.18. The molecule has 0 aliphatic heterocycles. The van der Waals surface area contributed by atoms with Gasteiger partial charge in [0.05, 0.1) is 18.0 Å². The Morgan fingerprint density at radius 2 is 1.78 bits per heavy atom. The van der Waals surface area contributed by atoms with Crippen molar-refractivity contribution in [2.24, 2.45) is 4.99 Å². The van der Waals surface area contributed by atoms with Crippen LogP contribution in [0.4, 0.5) is 0 Å². The van der Waals surface area contributed by atoms with Crippen LogP contribution in [0.2, 0.25) is 0 Å². The molecule has 7 heteroatoms. The fraction of sp³-hybridized carbons (Fsp3) is 0.350. The number of hydrogen-bond donors (Lipinski definition) is 1. The maximum Gasteiger partial charge on any atom is 0.243 e. The number of hydrogen-bond acceptors (Lipinski definition) is 5. The molecule has 6 nitrogen and oxygen atoms in total. The molecule has 0 aromatic heterocycles. The van der Waals surface area contributed by atoms with Crippen LogP contribution in [0.25, 0.3) is 0 Å². The maximum atomic E-state index is 12.5. The van der Waals surface area contributed by atoms with Gasteiger partial charge in [0.15, 0.2) is 11.5 Å². The van der Waals surface area contributed by atoms with Crippen molar-refractivity contribution in [1.82, 2.24) is 4.31 Å². The van der Waals surface area contributed by atoms with E-state index in [0.717, 1.165) is 5.56 Å². The molecule has 0 aliphatic rings. The molecule has 1 N–H and O–H groups in total. The first kappa shape index (κ1) is 20.9. The van der Waals surface area contributed by atoms with Crippen LogP contribution < -0.4 is 4.74 Å². The summed E-state index contributed by atoms with van der Waals surface area (Å²) in [6.07, 6.45) is 1.59. The molecule has 146 valence electrons. The van der Waals surface area contributed by atoms with Crippen molar-refractivity contribution >= 4 is 16.2 Å². The Hall–Kier alpha value is -2.38. The summed E-state index contributed by atoms with van der Waals surface area (Å²) in [5.41, 5.74) is 1.44. The van der Waals surface area contributed by atoms with Crippen LogP contribution in [0.1, 0.15) is 37.9 Å². The highest BCUT2D eigenvalue weighted by molar-refractivity contribution is 7.89. The van der Waals surface area contributed by atoms with Crippen molar-refractivity contribution in [1.29, 1.82) is 0 Å². The molecule has 2 aromatic rings. The van der Waals surface area contributed by atoms with Gasteiger partial charge in [-0.2, -0.15) is 4.31 Å². The number of benzene rings is 2. The number of nitrogens with zero attached hydrogens (tertiary/aromatic N) is 2. The van der Waals surface area contributed by atoms with E-state index < -0.39 is 10.0 Å². The maximum absolute atomic E-state index is 12.5. The Morgan fingerprint density at radius 1 is 1.15 bits per heavy atom. The van der Waals surface area contributed by atoms with Crippen LogP contribution in [0, 0.1) is 0 Å². The largest absolute Gasteiger partial charge is 0.504 e. The molecule has 0 heterocycles. The lowest BCUT2D eigenvalue weighted by Crippen LogP contribution is -2.30. The number of methoxy groups -OCH3 is 1. The molecule has 0 unspecified atom stereocenters. The van der Waals surface area contributed by atoms with Crippen molar-refractivity contribution in [2.45, 2.75) is 31.7 Å². The summed E-state index contributed by atoms with van der Waals surface area (Å²) in [5, 5.41) is 10.1. The minimum atomic E-state index is -3.46. The van der Waals surface area contributed by atoms with E-state index in [4.69, 9.17) is 4.74 Å². The second-order valence-electron chi connectivity index (χ2n) is 6.01. The number of sulfonamides is 1. The highest BCUT2D eigenvalue weighted by atomic mass is 32.2. The molecular formula is C20H26N2O4S. The average molecular weight is 391 g/mol. The Morgan fingerprint density at radius 3 is 2.33 bits per heavy atom. The number of ether oxygens (including phenoxy) is 1. The predicted octanol–water partition coefficient (Wildman–Crippen LogP) is 3.61. The zero-order valence-corrected chi connectivity index (χ0v) is 16.9. The van der Waals surface area contributed by atoms with Gasteiger partial charge < -0.3 is 9.84 Å². The summed E-state index contributed by atoms with van der Waals surface area (Å²) in [6, 6.07) is 11.8. The fourth-order valence-electron chi connectivity index (χ4n) is 2.72. The first-order valence-corrected chi connectivity index (χ1v) is 10.3. The summed E-state index contributed by atoms with van der Waals surface area (Å²) in [6.45, 7) is 6.42. The number of aromatic hydroxyl groups is 1. The number of aliphatic imine (C=N–C) groups is 1. The normalized spacial score (nSPS) is 13.2. The van der Waals surface area contributed by atoms with E-state index in [1.54, 1.807) is 48.7 Å². The van der Waals surface area contributed by atoms with Gasteiger partial charge >= 0.3 is 0 Å². The van der Waals surface area contributed by atoms with Crippen molar-refractivity contribution < 1.29 is 18.3 Å². The quantitative estimate of drug-likeness (QED) is 0.698. The van der Waals surface area contributed by atoms with Gasteiger partial charge in [-0.3, -0.25) is 4.99 Å². The average Bonchev–Trinajstić information content (AvgIpc) is 2.67. The second kappa shape index (κ2) is 9.01. The van der Waals surface area contributed by atoms with Gasteiger partial charge in [0, 0.05) is 24.9 Å². The van der Waals surface area contributed by atoms with E-state index >= 15 is 0 Å². The van der Waals surface area contributed by atoms with Gasteiger partial charge in [-0.15, -0.1) is 0 Å². The third-order valence-corrected chi connectivity index (χ3v) is 6.46. The highest BCUT2D eigenvalue weighted by Crippen LogP contribution is 2.29. The Balaban J connectivity index is 2.20. The van der Waals surface area contributed by atoms with Gasteiger partial charge in [0.1, 0.15) is 0 Å². The number of phenolic OH excluding ortho intramolecular Hbond substituents is 1. The van der Waals surface area contributed by atoms with E-state index in [1.165, 1.54) is 11.4 Å². The van der Waals surface area contributed by atoms with Gasteiger partial charge in [-0.25, -0.2) is 8.42 Å². The third kappa shape index (κ3) is 4.67. The number of phenols is 1. The minimum absolute atomic E-state index is 0.0385. The van der Waals surface area contributed by atoms with Crippen LogP contribution in [0.3, 0.4) is 0 Å². The van der Waals surface area contributed by atoms with E-state index in [9.17, 15) is 13.5 Å². The first-order chi connectivity index (χ1) is 12.8. The molecule has 27 heavy (non-hydrogen) atoms. The topological polar surface area (TPSA) is 79.2 Å². The Kier molecular flexibility index (Phi) is 6.98. The lowest BCUT2D eigenvalue weighted by molar-refractivity contribution is 0.373. The van der Waals surface area contributed by atoms with Gasteiger partial charge in [-0.05, 0) is 36.8 Å². The van der Waals surface area contributed by atoms with Crippen LogP contribution in [-0.4, -0.2) is 44.2 Å². The molecule has 0 saturated heterocycles. The van der Waals surface area contributed by atoms with Gasteiger partial charge in [0.25, 0.3) is 0 Å². The molecule has 0 aliphatic carbocycles. The van der Waals surface area contributed by atoms with E-state index in [-0.39, 0.29) is 16.7 Å². The predicted molar refractivity (Wildman–Crippen MR) is 107 cm³/mol. The molecule has 1 atom stereocenters. The minimum Gasteiger partial charge on any atom is -0.504 e. The standard InChI is InChI=1S/C20H26N2O4S/c1-5-22(6-2)27(24,25)18-12-10-16(11-13-18)15(3)21-14-17-8-7-9-19(26-4)20(17)23/h7-15,23H,5-6H2,1-4H3/t15-/m0/s1. The van der Waals surface area contributed by atoms with Crippen molar-refractivity contribution in [3.8, 4) is 11.5 Å². The molecule has 0 spiro atoms. The van der Waals surface area contributed by atoms with Crippen LogP contribution >= 0.6 is 0 Å². The molecule has 0 saturated carbocycles. The molecule has 0 fully saturated rings. The third-order valence-electron chi connectivity index (χ3n) is 4.39. The summed E-state index contributed by atoms with van der Waals surface area (Å²) in [5.74, 6) is 0.425. The van der Waals surface area contributed by atoms with E-state index in [1.807, 2.05) is 20.8 Å². The zero-order chi connectivity index (χ0) is 20.0. The lowest BCUT2D eigenvalue weighted by Gasteiger charge is -2.18. The van der Waals surface area contributed by atoms with Crippen LogP contribution in [0.15, 0.2) is 52.4 Å². The molecule has 2 rings (SSSR count). The number of para-hydroxylation sites is 1.